The fraction of sp³-hybridized carbons (Fsp3) is 0.333. The van der Waals surface area contributed by atoms with Crippen molar-refractivity contribution in [2.24, 2.45) is 0 Å². The predicted molar refractivity (Wildman–Crippen MR) is 59.1 cm³/mol. The Hall–Kier alpha value is -0.880. The van der Waals surface area contributed by atoms with Gasteiger partial charge < -0.3 is 0 Å². The van der Waals surface area contributed by atoms with Gasteiger partial charge in [0.25, 0.3) is 0 Å². The van der Waals surface area contributed by atoms with Crippen molar-refractivity contribution in [1.82, 2.24) is 0 Å². The van der Waals surface area contributed by atoms with Gasteiger partial charge in [0.05, 0.1) is 11.4 Å². The van der Waals surface area contributed by atoms with Crippen LogP contribution in [0.3, 0.4) is 0 Å². The van der Waals surface area contributed by atoms with E-state index in [9.17, 15) is 17.2 Å². The van der Waals surface area contributed by atoms with Crippen LogP contribution in [0, 0.1) is 11.6 Å². The molecule has 0 bridgehead atoms. The zero-order chi connectivity index (χ0) is 12.2. The van der Waals surface area contributed by atoms with Gasteiger partial charge in [-0.05, 0) is 18.6 Å². The molecule has 0 unspecified atom stereocenters. The van der Waals surface area contributed by atoms with E-state index in [4.69, 9.17) is 11.6 Å². The van der Waals surface area contributed by atoms with Gasteiger partial charge in [0.15, 0.2) is 0 Å². The van der Waals surface area contributed by atoms with Crippen molar-refractivity contribution in [2.45, 2.75) is 6.42 Å². The third kappa shape index (κ3) is 3.94. The number of nitrogens with one attached hydrogen (secondary N) is 1. The molecule has 0 atom stereocenters. The molecule has 0 aliphatic heterocycles. The fourth-order valence-corrected chi connectivity index (χ4v) is 2.45. The Bertz CT molecular complexity index is 465. The number of halogens is 3. The molecular weight excluding hydrogens is 260 g/mol. The summed E-state index contributed by atoms with van der Waals surface area (Å²) in [5, 5.41) is 0. The molecule has 0 aliphatic carbocycles. The second-order valence-corrected chi connectivity index (χ2v) is 5.31. The second kappa shape index (κ2) is 5.45. The first-order valence-electron chi connectivity index (χ1n) is 4.46. The Labute approximate surface area is 97.5 Å². The highest BCUT2D eigenvalue weighted by molar-refractivity contribution is 7.92. The van der Waals surface area contributed by atoms with E-state index in [1.807, 2.05) is 4.72 Å². The van der Waals surface area contributed by atoms with Crippen LogP contribution in [0.4, 0.5) is 14.5 Å². The summed E-state index contributed by atoms with van der Waals surface area (Å²) in [5.41, 5.74) is -0.268. The molecule has 1 aromatic carbocycles. The normalized spacial score (nSPS) is 11.4. The van der Waals surface area contributed by atoms with E-state index in [2.05, 4.69) is 0 Å². The zero-order valence-electron chi connectivity index (χ0n) is 8.21. The minimum absolute atomic E-state index is 0.201. The summed E-state index contributed by atoms with van der Waals surface area (Å²) < 4.78 is 50.4. The Morgan fingerprint density at radius 1 is 1.31 bits per heavy atom. The van der Waals surface area contributed by atoms with Crippen molar-refractivity contribution in [3.8, 4) is 0 Å². The van der Waals surface area contributed by atoms with Gasteiger partial charge in [-0.15, -0.1) is 11.6 Å². The topological polar surface area (TPSA) is 46.2 Å². The molecule has 0 aliphatic rings. The number of hydrogen-bond acceptors (Lipinski definition) is 2. The van der Waals surface area contributed by atoms with E-state index in [1.54, 1.807) is 0 Å². The molecule has 3 nitrogen and oxygen atoms in total. The van der Waals surface area contributed by atoms with E-state index in [-0.39, 0.29) is 23.7 Å². The predicted octanol–water partition coefficient (Wildman–Crippen LogP) is 2.34. The summed E-state index contributed by atoms with van der Waals surface area (Å²) in [4.78, 5) is 0. The summed E-state index contributed by atoms with van der Waals surface area (Å²) in [7, 11) is -3.63. The molecule has 16 heavy (non-hydrogen) atoms. The van der Waals surface area contributed by atoms with Crippen LogP contribution in [0.25, 0.3) is 0 Å². The molecule has 1 aromatic rings. The van der Waals surface area contributed by atoms with Crippen LogP contribution >= 0.6 is 11.6 Å². The maximum atomic E-state index is 13.1. The minimum Gasteiger partial charge on any atom is -0.281 e. The van der Waals surface area contributed by atoms with Crippen LogP contribution in [0.2, 0.25) is 0 Å². The van der Waals surface area contributed by atoms with Crippen LogP contribution < -0.4 is 4.72 Å². The maximum absolute atomic E-state index is 13.1. The van der Waals surface area contributed by atoms with Gasteiger partial charge in [-0.3, -0.25) is 4.72 Å². The minimum atomic E-state index is -3.63. The average molecular weight is 270 g/mol. The highest BCUT2D eigenvalue weighted by Gasteiger charge is 2.12. The second-order valence-electron chi connectivity index (χ2n) is 3.09. The van der Waals surface area contributed by atoms with E-state index >= 15 is 0 Å². The van der Waals surface area contributed by atoms with Crippen molar-refractivity contribution in [3.63, 3.8) is 0 Å². The molecule has 0 saturated carbocycles. The molecule has 7 heteroatoms. The van der Waals surface area contributed by atoms with Crippen molar-refractivity contribution >= 4 is 27.3 Å². The Morgan fingerprint density at radius 3 is 2.56 bits per heavy atom. The van der Waals surface area contributed by atoms with Crippen LogP contribution in [0.5, 0.6) is 0 Å². The van der Waals surface area contributed by atoms with Crippen LogP contribution in [-0.4, -0.2) is 20.1 Å². The third-order valence-electron chi connectivity index (χ3n) is 1.74. The van der Waals surface area contributed by atoms with Gasteiger partial charge in [-0.1, -0.05) is 0 Å². The quantitative estimate of drug-likeness (QED) is 0.834. The molecule has 0 spiro atoms. The third-order valence-corrected chi connectivity index (χ3v) is 3.37. The summed E-state index contributed by atoms with van der Waals surface area (Å²) in [5.74, 6) is -1.71. The van der Waals surface area contributed by atoms with Gasteiger partial charge in [0.2, 0.25) is 10.0 Å². The monoisotopic (exact) mass is 269 g/mol. The number of alkyl halides is 1. The highest BCUT2D eigenvalue weighted by atomic mass is 35.5. The summed E-state index contributed by atoms with van der Waals surface area (Å²) in [6.07, 6.45) is 0.264. The first-order valence-corrected chi connectivity index (χ1v) is 6.65. The first-order chi connectivity index (χ1) is 7.44. The molecule has 90 valence electrons. The SMILES string of the molecule is O=S(=O)(CCCCl)Nc1ccc(F)cc1F. The molecule has 1 rings (SSSR count). The lowest BCUT2D eigenvalue weighted by molar-refractivity contribution is 0.582. The number of sulfonamides is 1. The molecule has 0 saturated heterocycles. The standard InChI is InChI=1S/C9H10ClF2NO2S/c10-4-1-5-16(14,15)13-9-3-2-7(11)6-8(9)12/h2-3,6,13H,1,4-5H2. The molecular formula is C9H10ClF2NO2S. The van der Waals surface area contributed by atoms with Crippen molar-refractivity contribution < 1.29 is 17.2 Å². The molecule has 1 N–H and O–H groups in total. The lowest BCUT2D eigenvalue weighted by Crippen LogP contribution is -2.17. The first kappa shape index (κ1) is 13.2. The Kier molecular flexibility index (Phi) is 4.49. The Morgan fingerprint density at radius 2 is 2.00 bits per heavy atom. The summed E-state index contributed by atoms with van der Waals surface area (Å²) >= 11 is 5.35. The van der Waals surface area contributed by atoms with E-state index in [0.29, 0.717) is 6.07 Å². The van der Waals surface area contributed by atoms with E-state index < -0.39 is 21.7 Å². The molecule has 0 fully saturated rings. The zero-order valence-corrected chi connectivity index (χ0v) is 9.78. The number of rotatable bonds is 5. The van der Waals surface area contributed by atoms with Gasteiger partial charge in [-0.2, -0.15) is 0 Å². The largest absolute Gasteiger partial charge is 0.281 e. The highest BCUT2D eigenvalue weighted by Crippen LogP contribution is 2.16. The van der Waals surface area contributed by atoms with Crippen LogP contribution in [0.1, 0.15) is 6.42 Å². The maximum Gasteiger partial charge on any atom is 0.232 e. The number of anilines is 1. The van der Waals surface area contributed by atoms with Gasteiger partial charge in [0, 0.05) is 11.9 Å². The number of benzene rings is 1. The molecule has 0 heterocycles. The lowest BCUT2D eigenvalue weighted by Gasteiger charge is -2.07. The van der Waals surface area contributed by atoms with Crippen LogP contribution in [-0.2, 0) is 10.0 Å². The van der Waals surface area contributed by atoms with Crippen molar-refractivity contribution in [2.75, 3.05) is 16.4 Å². The molecule has 0 aromatic heterocycles. The lowest BCUT2D eigenvalue weighted by atomic mass is 10.3. The van der Waals surface area contributed by atoms with E-state index in [1.165, 1.54) is 0 Å². The average Bonchev–Trinajstić information content (AvgIpc) is 2.19. The van der Waals surface area contributed by atoms with Gasteiger partial charge in [-0.25, -0.2) is 17.2 Å². The summed E-state index contributed by atoms with van der Waals surface area (Å²) in [6, 6.07) is 2.62. The van der Waals surface area contributed by atoms with Gasteiger partial charge in [0.1, 0.15) is 11.6 Å². The van der Waals surface area contributed by atoms with Gasteiger partial charge >= 0.3 is 0 Å². The summed E-state index contributed by atoms with van der Waals surface area (Å²) in [6.45, 7) is 0. The molecule has 0 amide bonds. The van der Waals surface area contributed by atoms with Crippen molar-refractivity contribution in [3.05, 3.63) is 29.8 Å². The smallest absolute Gasteiger partial charge is 0.232 e. The van der Waals surface area contributed by atoms with Crippen LogP contribution in [0.15, 0.2) is 18.2 Å². The van der Waals surface area contributed by atoms with E-state index in [0.717, 1.165) is 12.1 Å². The Balaban J connectivity index is 2.80. The molecule has 0 radical (unpaired) electrons. The number of hydrogen-bond donors (Lipinski definition) is 1. The van der Waals surface area contributed by atoms with Crippen molar-refractivity contribution in [1.29, 1.82) is 0 Å². The fourth-order valence-electron chi connectivity index (χ4n) is 1.04.